The van der Waals surface area contributed by atoms with E-state index in [0.29, 0.717) is 19.7 Å². The van der Waals surface area contributed by atoms with Crippen molar-refractivity contribution in [3.8, 4) is 5.75 Å². The summed E-state index contributed by atoms with van der Waals surface area (Å²) in [5.41, 5.74) is 4.38. The van der Waals surface area contributed by atoms with Gasteiger partial charge in [-0.05, 0) is 60.2 Å². The van der Waals surface area contributed by atoms with Gasteiger partial charge in [-0.3, -0.25) is 9.69 Å². The molecule has 0 atom stereocenters. The number of aryl methyl sites for hydroxylation is 2. The molecule has 1 fully saturated rings. The Morgan fingerprint density at radius 1 is 1.00 bits per heavy atom. The van der Waals surface area contributed by atoms with Gasteiger partial charge in [0.2, 0.25) is 0 Å². The minimum absolute atomic E-state index is 0.0874. The maximum absolute atomic E-state index is 13.1. The van der Waals surface area contributed by atoms with Gasteiger partial charge in [0.25, 0.3) is 5.91 Å². The number of piperazine rings is 1. The minimum atomic E-state index is -0.214. The first kappa shape index (κ1) is 21.5. The predicted octanol–water partition coefficient (Wildman–Crippen LogP) is 5.04. The summed E-state index contributed by atoms with van der Waals surface area (Å²) in [5, 5.41) is 2.00. The molecule has 3 aromatic rings. The van der Waals surface area contributed by atoms with Gasteiger partial charge in [-0.1, -0.05) is 24.3 Å². The maximum Gasteiger partial charge on any atom is 0.264 e. The second-order valence-corrected chi connectivity index (χ2v) is 8.98. The highest BCUT2D eigenvalue weighted by Gasteiger charge is 2.23. The Kier molecular flexibility index (Phi) is 6.68. The zero-order chi connectivity index (χ0) is 21.8. The Hall–Kier alpha value is -2.70. The van der Waals surface area contributed by atoms with Crippen LogP contribution in [-0.4, -0.2) is 41.9 Å². The number of hydrogen-bond acceptors (Lipinski definition) is 4. The van der Waals surface area contributed by atoms with E-state index >= 15 is 0 Å². The van der Waals surface area contributed by atoms with Crippen molar-refractivity contribution in [2.45, 2.75) is 27.0 Å². The number of rotatable bonds is 6. The van der Waals surface area contributed by atoms with E-state index in [2.05, 4.69) is 17.0 Å². The van der Waals surface area contributed by atoms with E-state index in [-0.39, 0.29) is 11.7 Å². The smallest absolute Gasteiger partial charge is 0.264 e. The van der Waals surface area contributed by atoms with Gasteiger partial charge in [-0.2, -0.15) is 0 Å². The van der Waals surface area contributed by atoms with Gasteiger partial charge in [-0.15, -0.1) is 11.3 Å². The molecule has 0 unspecified atom stereocenters. The molecule has 162 valence electrons. The molecule has 4 nitrogen and oxygen atoms in total. The lowest BCUT2D eigenvalue weighted by atomic mass is 10.1. The number of amides is 1. The second-order valence-electron chi connectivity index (χ2n) is 8.07. The molecule has 1 amide bonds. The highest BCUT2D eigenvalue weighted by atomic mass is 32.1. The van der Waals surface area contributed by atoms with Crippen LogP contribution in [0, 0.1) is 19.7 Å². The summed E-state index contributed by atoms with van der Waals surface area (Å²) in [6.45, 7) is 8.35. The lowest BCUT2D eigenvalue weighted by molar-refractivity contribution is 0.0633. The van der Waals surface area contributed by atoms with Gasteiger partial charge in [0.05, 0.1) is 4.88 Å². The molecule has 31 heavy (non-hydrogen) atoms. The van der Waals surface area contributed by atoms with Crippen molar-refractivity contribution in [2.24, 2.45) is 0 Å². The number of hydrogen-bond donors (Lipinski definition) is 0. The van der Waals surface area contributed by atoms with Crippen LogP contribution in [0.3, 0.4) is 0 Å². The van der Waals surface area contributed by atoms with Crippen molar-refractivity contribution < 1.29 is 13.9 Å². The van der Waals surface area contributed by atoms with Gasteiger partial charge in [0.15, 0.2) is 0 Å². The summed E-state index contributed by atoms with van der Waals surface area (Å²) < 4.78 is 19.0. The third-order valence-electron chi connectivity index (χ3n) is 5.58. The van der Waals surface area contributed by atoms with Gasteiger partial charge in [-0.25, -0.2) is 4.39 Å². The van der Waals surface area contributed by atoms with Crippen molar-refractivity contribution in [2.75, 3.05) is 26.2 Å². The Morgan fingerprint density at radius 2 is 1.74 bits per heavy atom. The van der Waals surface area contributed by atoms with E-state index in [0.717, 1.165) is 47.0 Å². The first-order valence-corrected chi connectivity index (χ1v) is 11.4. The quantitative estimate of drug-likeness (QED) is 0.541. The molecule has 2 heterocycles. The Balaban J connectivity index is 1.29. The van der Waals surface area contributed by atoms with Crippen LogP contribution in [0.5, 0.6) is 5.75 Å². The van der Waals surface area contributed by atoms with Crippen LogP contribution in [0.2, 0.25) is 0 Å². The Labute approximate surface area is 186 Å². The highest BCUT2D eigenvalue weighted by Crippen LogP contribution is 2.23. The molecular weight excluding hydrogens is 411 g/mol. The third kappa shape index (κ3) is 5.51. The SMILES string of the molecule is Cc1ccc(C)c(OCc2csc(C(=O)N3CCN(Cc4ccc(F)cc4)CC3)c2)c1. The van der Waals surface area contributed by atoms with Crippen molar-refractivity contribution in [3.05, 3.63) is 86.9 Å². The van der Waals surface area contributed by atoms with Crippen LogP contribution in [0.25, 0.3) is 0 Å². The van der Waals surface area contributed by atoms with Crippen LogP contribution in [0.15, 0.2) is 53.9 Å². The fourth-order valence-electron chi connectivity index (χ4n) is 3.70. The monoisotopic (exact) mass is 438 g/mol. The molecule has 0 radical (unpaired) electrons. The summed E-state index contributed by atoms with van der Waals surface area (Å²) in [5.74, 6) is 0.759. The number of ether oxygens (including phenoxy) is 1. The second kappa shape index (κ2) is 9.62. The molecule has 0 bridgehead atoms. The molecule has 2 aromatic carbocycles. The third-order valence-corrected chi connectivity index (χ3v) is 6.55. The number of thiophene rings is 1. The van der Waals surface area contributed by atoms with Gasteiger partial charge in [0.1, 0.15) is 18.2 Å². The predicted molar refractivity (Wildman–Crippen MR) is 122 cm³/mol. The van der Waals surface area contributed by atoms with E-state index in [4.69, 9.17) is 4.74 Å². The zero-order valence-corrected chi connectivity index (χ0v) is 18.8. The minimum Gasteiger partial charge on any atom is -0.489 e. The molecule has 1 aliphatic heterocycles. The molecule has 0 aliphatic carbocycles. The number of carbonyl (C=O) groups is 1. The summed E-state index contributed by atoms with van der Waals surface area (Å²) in [6, 6.07) is 14.7. The fourth-order valence-corrected chi connectivity index (χ4v) is 4.56. The Bertz CT molecular complexity index is 1040. The molecule has 0 saturated carbocycles. The first-order valence-electron chi connectivity index (χ1n) is 10.5. The number of benzene rings is 2. The molecule has 1 aliphatic rings. The summed E-state index contributed by atoms with van der Waals surface area (Å²) in [7, 11) is 0. The molecule has 1 aromatic heterocycles. The normalized spacial score (nSPS) is 14.6. The van der Waals surface area contributed by atoms with E-state index in [1.165, 1.54) is 29.0 Å². The lowest BCUT2D eigenvalue weighted by Crippen LogP contribution is -2.48. The van der Waals surface area contributed by atoms with E-state index in [1.807, 2.05) is 48.4 Å². The molecule has 6 heteroatoms. The van der Waals surface area contributed by atoms with Gasteiger partial charge in [0, 0.05) is 38.3 Å². The van der Waals surface area contributed by atoms with Crippen LogP contribution in [0.4, 0.5) is 4.39 Å². The lowest BCUT2D eigenvalue weighted by Gasteiger charge is -2.34. The van der Waals surface area contributed by atoms with Crippen molar-refractivity contribution in [3.63, 3.8) is 0 Å². The van der Waals surface area contributed by atoms with Crippen molar-refractivity contribution in [1.29, 1.82) is 0 Å². The standard InChI is InChI=1S/C25H27FN2O2S/c1-18-3-4-19(2)23(13-18)30-16-21-14-24(31-17-21)25(29)28-11-9-27(10-12-28)15-20-5-7-22(26)8-6-20/h3-8,13-14,17H,9-12,15-16H2,1-2H3. The summed E-state index contributed by atoms with van der Waals surface area (Å²) in [4.78, 5) is 17.9. The van der Waals surface area contributed by atoms with Crippen LogP contribution < -0.4 is 4.74 Å². The fraction of sp³-hybridized carbons (Fsp3) is 0.320. The van der Waals surface area contributed by atoms with Gasteiger partial charge >= 0.3 is 0 Å². The Morgan fingerprint density at radius 3 is 2.48 bits per heavy atom. The van der Waals surface area contributed by atoms with Crippen LogP contribution in [0.1, 0.15) is 31.9 Å². The largest absolute Gasteiger partial charge is 0.489 e. The number of carbonyl (C=O) groups excluding carboxylic acids is 1. The maximum atomic E-state index is 13.1. The molecule has 0 spiro atoms. The van der Waals surface area contributed by atoms with E-state index in [1.54, 1.807) is 0 Å². The zero-order valence-electron chi connectivity index (χ0n) is 17.9. The van der Waals surface area contributed by atoms with Crippen LogP contribution in [-0.2, 0) is 13.2 Å². The number of nitrogens with zero attached hydrogens (tertiary/aromatic N) is 2. The molecular formula is C25H27FN2O2S. The average Bonchev–Trinajstić information content (AvgIpc) is 3.25. The van der Waals surface area contributed by atoms with Crippen molar-refractivity contribution >= 4 is 17.2 Å². The topological polar surface area (TPSA) is 32.8 Å². The van der Waals surface area contributed by atoms with E-state index < -0.39 is 0 Å². The molecule has 1 saturated heterocycles. The van der Waals surface area contributed by atoms with Crippen molar-refractivity contribution in [1.82, 2.24) is 9.80 Å². The average molecular weight is 439 g/mol. The first-order chi connectivity index (χ1) is 15.0. The highest BCUT2D eigenvalue weighted by molar-refractivity contribution is 7.12. The number of halogens is 1. The molecule has 4 rings (SSSR count). The summed E-state index contributed by atoms with van der Waals surface area (Å²) >= 11 is 1.48. The summed E-state index contributed by atoms with van der Waals surface area (Å²) in [6.07, 6.45) is 0. The van der Waals surface area contributed by atoms with E-state index in [9.17, 15) is 9.18 Å². The molecule has 0 N–H and O–H groups in total. The van der Waals surface area contributed by atoms with Crippen LogP contribution >= 0.6 is 11.3 Å². The van der Waals surface area contributed by atoms with Gasteiger partial charge < -0.3 is 9.64 Å².